The van der Waals surface area contributed by atoms with E-state index in [0.717, 1.165) is 5.75 Å². The quantitative estimate of drug-likeness (QED) is 0.306. The van der Waals surface area contributed by atoms with E-state index in [1.165, 1.54) is 29.5 Å². The minimum Gasteiger partial charge on any atom is -0.486 e. The standard InChI is InChI=1S/C22H25N5O4S/c1-22(2,3)15-9-11-16(12-10-15)31-13-19-24-25-21(26(19)4)32-14-20(28)23-17-7-5-6-8-18(17)27(29)30/h5-12H,13-14H2,1-4H3,(H,23,28). The number of aromatic nitrogens is 3. The summed E-state index contributed by atoms with van der Waals surface area (Å²) >= 11 is 1.19. The molecule has 1 heterocycles. The van der Waals surface area contributed by atoms with E-state index in [2.05, 4.69) is 36.3 Å². The lowest BCUT2D eigenvalue weighted by Gasteiger charge is -2.19. The van der Waals surface area contributed by atoms with Crippen LogP contribution in [0.25, 0.3) is 0 Å². The molecule has 3 rings (SSSR count). The molecule has 0 aliphatic heterocycles. The Hall–Kier alpha value is -3.40. The molecule has 1 aromatic heterocycles. The van der Waals surface area contributed by atoms with Crippen molar-refractivity contribution >= 4 is 29.0 Å². The summed E-state index contributed by atoms with van der Waals surface area (Å²) in [6, 6.07) is 14.0. The number of nitro groups is 1. The third kappa shape index (κ3) is 5.85. The van der Waals surface area contributed by atoms with E-state index in [-0.39, 0.29) is 35.1 Å². The first-order chi connectivity index (χ1) is 15.1. The zero-order valence-electron chi connectivity index (χ0n) is 18.4. The molecule has 0 radical (unpaired) electrons. The number of hydrogen-bond acceptors (Lipinski definition) is 7. The van der Waals surface area contributed by atoms with Gasteiger partial charge in [-0.3, -0.25) is 14.9 Å². The molecule has 1 amide bonds. The van der Waals surface area contributed by atoms with Gasteiger partial charge in [-0.25, -0.2) is 0 Å². The topological polar surface area (TPSA) is 112 Å². The molecule has 2 aromatic carbocycles. The van der Waals surface area contributed by atoms with Crippen LogP contribution in [0.4, 0.5) is 11.4 Å². The number of nitro benzene ring substituents is 1. The van der Waals surface area contributed by atoms with Gasteiger partial charge >= 0.3 is 0 Å². The highest BCUT2D eigenvalue weighted by atomic mass is 32.2. The van der Waals surface area contributed by atoms with E-state index in [0.29, 0.717) is 11.0 Å². The zero-order chi connectivity index (χ0) is 23.3. The number of thioether (sulfide) groups is 1. The predicted octanol–water partition coefficient (Wildman–Crippen LogP) is 4.33. The molecule has 0 unspecified atom stereocenters. The molecule has 0 fully saturated rings. The van der Waals surface area contributed by atoms with Gasteiger partial charge < -0.3 is 14.6 Å². The van der Waals surface area contributed by atoms with Crippen LogP contribution in [0.15, 0.2) is 53.7 Å². The number of nitrogens with zero attached hydrogens (tertiary/aromatic N) is 4. The monoisotopic (exact) mass is 455 g/mol. The van der Waals surface area contributed by atoms with Gasteiger partial charge in [-0.15, -0.1) is 10.2 Å². The van der Waals surface area contributed by atoms with Gasteiger partial charge in [0.05, 0.1) is 10.7 Å². The van der Waals surface area contributed by atoms with Gasteiger partial charge in [-0.2, -0.15) is 0 Å². The summed E-state index contributed by atoms with van der Waals surface area (Å²) in [4.78, 5) is 22.8. The van der Waals surface area contributed by atoms with Crippen molar-refractivity contribution in [3.63, 3.8) is 0 Å². The molecule has 1 N–H and O–H groups in total. The SMILES string of the molecule is Cn1c(COc2ccc(C(C)(C)C)cc2)nnc1SCC(=O)Nc1ccccc1[N+](=O)[O-]. The average Bonchev–Trinajstić information content (AvgIpc) is 3.10. The van der Waals surface area contributed by atoms with E-state index >= 15 is 0 Å². The van der Waals surface area contributed by atoms with Gasteiger partial charge in [0.25, 0.3) is 5.69 Å². The van der Waals surface area contributed by atoms with Gasteiger partial charge in [0.1, 0.15) is 18.0 Å². The van der Waals surface area contributed by atoms with Crippen molar-refractivity contribution in [3.8, 4) is 5.75 Å². The first-order valence-electron chi connectivity index (χ1n) is 9.93. The molecule has 0 saturated carbocycles. The number of rotatable bonds is 8. The summed E-state index contributed by atoms with van der Waals surface area (Å²) in [6.45, 7) is 6.70. The van der Waals surface area contributed by atoms with E-state index < -0.39 is 4.92 Å². The van der Waals surface area contributed by atoms with Gasteiger partial charge in [0.2, 0.25) is 5.91 Å². The van der Waals surface area contributed by atoms with Crippen molar-refractivity contribution < 1.29 is 14.5 Å². The lowest BCUT2D eigenvalue weighted by molar-refractivity contribution is -0.383. The number of amides is 1. The molecule has 0 spiro atoms. The Labute approximate surface area is 190 Å². The number of para-hydroxylation sites is 2. The van der Waals surface area contributed by atoms with Crippen LogP contribution in [0.3, 0.4) is 0 Å². The van der Waals surface area contributed by atoms with Crippen LogP contribution < -0.4 is 10.1 Å². The lowest BCUT2D eigenvalue weighted by atomic mass is 9.87. The Morgan fingerprint density at radius 2 is 1.84 bits per heavy atom. The third-order valence-corrected chi connectivity index (χ3v) is 5.74. The van der Waals surface area contributed by atoms with Crippen molar-refractivity contribution in [3.05, 3.63) is 70.0 Å². The van der Waals surface area contributed by atoms with Crippen molar-refractivity contribution in [1.29, 1.82) is 0 Å². The Balaban J connectivity index is 1.55. The van der Waals surface area contributed by atoms with E-state index in [9.17, 15) is 14.9 Å². The smallest absolute Gasteiger partial charge is 0.292 e. The maximum atomic E-state index is 12.3. The summed E-state index contributed by atoms with van der Waals surface area (Å²) in [7, 11) is 1.80. The summed E-state index contributed by atoms with van der Waals surface area (Å²) in [5.41, 5.74) is 1.31. The minimum atomic E-state index is -0.533. The molecule has 32 heavy (non-hydrogen) atoms. The van der Waals surface area contributed by atoms with Crippen LogP contribution in [-0.2, 0) is 23.9 Å². The molecule has 10 heteroatoms. The van der Waals surface area contributed by atoms with Crippen molar-refractivity contribution in [2.24, 2.45) is 7.05 Å². The summed E-state index contributed by atoms with van der Waals surface area (Å²) < 4.78 is 7.57. The molecule has 0 bridgehead atoms. The van der Waals surface area contributed by atoms with E-state index in [1.807, 2.05) is 24.3 Å². The first kappa shape index (κ1) is 23.3. The van der Waals surface area contributed by atoms with Crippen LogP contribution >= 0.6 is 11.8 Å². The highest BCUT2D eigenvalue weighted by Gasteiger charge is 2.17. The number of hydrogen-bond donors (Lipinski definition) is 1. The molecule has 0 aliphatic rings. The van der Waals surface area contributed by atoms with Gasteiger partial charge in [-0.05, 0) is 29.2 Å². The average molecular weight is 456 g/mol. The largest absolute Gasteiger partial charge is 0.486 e. The zero-order valence-corrected chi connectivity index (χ0v) is 19.2. The molecule has 0 atom stereocenters. The fourth-order valence-corrected chi connectivity index (χ4v) is 3.58. The molecular formula is C22H25N5O4S. The van der Waals surface area contributed by atoms with Gasteiger partial charge in [0.15, 0.2) is 11.0 Å². The number of ether oxygens (including phenoxy) is 1. The van der Waals surface area contributed by atoms with Crippen LogP contribution in [0, 0.1) is 10.1 Å². The first-order valence-corrected chi connectivity index (χ1v) is 10.9. The number of nitrogens with one attached hydrogen (secondary N) is 1. The fraction of sp³-hybridized carbons (Fsp3) is 0.318. The Bertz CT molecular complexity index is 1110. The molecule has 3 aromatic rings. The lowest BCUT2D eigenvalue weighted by Crippen LogP contribution is -2.15. The normalized spacial score (nSPS) is 11.2. The van der Waals surface area contributed by atoms with E-state index in [1.54, 1.807) is 23.7 Å². The maximum absolute atomic E-state index is 12.3. The second-order valence-corrected chi connectivity index (χ2v) is 9.07. The highest BCUT2D eigenvalue weighted by Crippen LogP contribution is 2.26. The summed E-state index contributed by atoms with van der Waals surface area (Å²) in [5, 5.41) is 22.4. The number of carbonyl (C=O) groups is 1. The van der Waals surface area contributed by atoms with Crippen molar-refractivity contribution in [2.75, 3.05) is 11.1 Å². The van der Waals surface area contributed by atoms with Crippen LogP contribution in [0.1, 0.15) is 32.2 Å². The number of anilines is 1. The van der Waals surface area contributed by atoms with Crippen LogP contribution in [0.2, 0.25) is 0 Å². The van der Waals surface area contributed by atoms with Crippen LogP contribution in [-0.4, -0.2) is 31.3 Å². The predicted molar refractivity (Wildman–Crippen MR) is 123 cm³/mol. The second kappa shape index (κ2) is 9.82. The highest BCUT2D eigenvalue weighted by molar-refractivity contribution is 7.99. The summed E-state index contributed by atoms with van der Waals surface area (Å²) in [6.07, 6.45) is 0. The van der Waals surface area contributed by atoms with Crippen molar-refractivity contribution in [1.82, 2.24) is 14.8 Å². The number of carbonyl (C=O) groups excluding carboxylic acids is 1. The van der Waals surface area contributed by atoms with Crippen molar-refractivity contribution in [2.45, 2.75) is 37.9 Å². The fourth-order valence-electron chi connectivity index (χ4n) is 2.85. The molecule has 168 valence electrons. The van der Waals surface area contributed by atoms with E-state index in [4.69, 9.17) is 4.74 Å². The van der Waals surface area contributed by atoms with Crippen LogP contribution in [0.5, 0.6) is 5.75 Å². The second-order valence-electron chi connectivity index (χ2n) is 8.13. The van der Waals surface area contributed by atoms with Gasteiger partial charge in [0, 0.05) is 13.1 Å². The Kier molecular flexibility index (Phi) is 7.14. The third-order valence-electron chi connectivity index (χ3n) is 4.72. The summed E-state index contributed by atoms with van der Waals surface area (Å²) in [5.74, 6) is 1.02. The molecule has 9 nitrogen and oxygen atoms in total. The Morgan fingerprint density at radius 1 is 1.16 bits per heavy atom. The molecule has 0 aliphatic carbocycles. The Morgan fingerprint density at radius 3 is 2.50 bits per heavy atom. The van der Waals surface area contributed by atoms with Gasteiger partial charge in [-0.1, -0.05) is 56.8 Å². The number of benzene rings is 2. The molecule has 0 saturated heterocycles. The minimum absolute atomic E-state index is 0.0349. The molecular weight excluding hydrogens is 430 g/mol. The maximum Gasteiger partial charge on any atom is 0.292 e.